The van der Waals surface area contributed by atoms with Gasteiger partial charge in [0.15, 0.2) is 9.84 Å². The molecule has 0 bridgehead atoms. The molecule has 0 amide bonds. The summed E-state index contributed by atoms with van der Waals surface area (Å²) >= 11 is 6.05. The molecule has 2 aromatic rings. The first-order valence-electron chi connectivity index (χ1n) is 6.10. The molecule has 114 valence electrons. The number of aromatic nitrogens is 2. The Hall–Kier alpha value is -1.60. The summed E-state index contributed by atoms with van der Waals surface area (Å²) in [6.07, 6.45) is 1.09. The number of hydrogen-bond donors (Lipinski definition) is 1. The lowest BCUT2D eigenvalue weighted by molar-refractivity contribution is 0.589. The standard InChI is InChI=1S/C13H15ClFN3O2S/c1-7(21(3,19)20)12-11(13(16)18(2)17-12)10-8(14)5-4-6-9(10)15/h4-7H,16H2,1-3H3. The summed E-state index contributed by atoms with van der Waals surface area (Å²) in [6, 6.07) is 4.22. The van der Waals surface area contributed by atoms with E-state index < -0.39 is 20.9 Å². The maximum Gasteiger partial charge on any atom is 0.155 e. The lowest BCUT2D eigenvalue weighted by atomic mass is 10.0. The summed E-state index contributed by atoms with van der Waals surface area (Å²) in [6.45, 7) is 1.48. The zero-order valence-corrected chi connectivity index (χ0v) is 13.3. The Bertz CT molecular complexity index is 782. The Morgan fingerprint density at radius 1 is 1.38 bits per heavy atom. The van der Waals surface area contributed by atoms with Crippen molar-refractivity contribution in [2.75, 3.05) is 12.0 Å². The molecular weight excluding hydrogens is 317 g/mol. The van der Waals surface area contributed by atoms with Gasteiger partial charge in [0.05, 0.1) is 16.3 Å². The highest BCUT2D eigenvalue weighted by Crippen LogP contribution is 2.40. The minimum Gasteiger partial charge on any atom is -0.383 e. The van der Waals surface area contributed by atoms with Crippen LogP contribution in [0.2, 0.25) is 5.02 Å². The van der Waals surface area contributed by atoms with Crippen molar-refractivity contribution in [3.63, 3.8) is 0 Å². The molecule has 0 spiro atoms. The van der Waals surface area contributed by atoms with Gasteiger partial charge in [-0.05, 0) is 19.1 Å². The smallest absolute Gasteiger partial charge is 0.155 e. The Kier molecular flexibility index (Phi) is 3.99. The zero-order chi connectivity index (χ0) is 15.9. The van der Waals surface area contributed by atoms with Crippen molar-refractivity contribution in [1.82, 2.24) is 9.78 Å². The number of hydrogen-bond acceptors (Lipinski definition) is 4. The van der Waals surface area contributed by atoms with E-state index in [1.54, 1.807) is 7.05 Å². The SMILES string of the molecule is CC(c1nn(C)c(N)c1-c1c(F)cccc1Cl)S(C)(=O)=O. The van der Waals surface area contributed by atoms with Gasteiger partial charge in [0.1, 0.15) is 16.9 Å². The fourth-order valence-electron chi connectivity index (χ4n) is 2.04. The summed E-state index contributed by atoms with van der Waals surface area (Å²) in [5, 5.41) is 3.35. The zero-order valence-electron chi connectivity index (χ0n) is 11.8. The lowest BCUT2D eigenvalue weighted by Crippen LogP contribution is -2.10. The van der Waals surface area contributed by atoms with Crippen LogP contribution in [0.25, 0.3) is 11.1 Å². The summed E-state index contributed by atoms with van der Waals surface area (Å²) in [7, 11) is -1.85. The van der Waals surface area contributed by atoms with Gasteiger partial charge in [-0.25, -0.2) is 12.8 Å². The van der Waals surface area contributed by atoms with Gasteiger partial charge in [-0.1, -0.05) is 17.7 Å². The molecule has 8 heteroatoms. The first kappa shape index (κ1) is 15.8. The van der Waals surface area contributed by atoms with Gasteiger partial charge in [0.2, 0.25) is 0 Å². The molecule has 0 radical (unpaired) electrons. The maximum absolute atomic E-state index is 14.1. The highest BCUT2D eigenvalue weighted by Gasteiger charge is 2.29. The van der Waals surface area contributed by atoms with E-state index in [2.05, 4.69) is 5.10 Å². The average Bonchev–Trinajstić information content (AvgIpc) is 2.65. The van der Waals surface area contributed by atoms with Crippen LogP contribution in [-0.2, 0) is 16.9 Å². The number of aryl methyl sites for hydroxylation is 1. The van der Waals surface area contributed by atoms with E-state index >= 15 is 0 Å². The van der Waals surface area contributed by atoms with E-state index in [-0.39, 0.29) is 27.7 Å². The van der Waals surface area contributed by atoms with Crippen LogP contribution in [0, 0.1) is 5.82 Å². The Morgan fingerprint density at radius 3 is 2.52 bits per heavy atom. The van der Waals surface area contributed by atoms with Gasteiger partial charge >= 0.3 is 0 Å². The van der Waals surface area contributed by atoms with Gasteiger partial charge < -0.3 is 5.73 Å². The van der Waals surface area contributed by atoms with Gasteiger partial charge in [-0.3, -0.25) is 4.68 Å². The normalized spacial score (nSPS) is 13.4. The van der Waals surface area contributed by atoms with Crippen LogP contribution >= 0.6 is 11.6 Å². The predicted molar refractivity (Wildman–Crippen MR) is 81.3 cm³/mol. The number of nitrogens with two attached hydrogens (primary N) is 1. The Balaban J connectivity index is 2.81. The van der Waals surface area contributed by atoms with E-state index in [1.807, 2.05) is 0 Å². The molecule has 1 atom stereocenters. The number of sulfone groups is 1. The van der Waals surface area contributed by atoms with Crippen molar-refractivity contribution in [2.45, 2.75) is 12.2 Å². The van der Waals surface area contributed by atoms with Crippen LogP contribution in [0.4, 0.5) is 10.2 Å². The molecule has 0 aliphatic carbocycles. The quantitative estimate of drug-likeness (QED) is 0.937. The molecule has 2 N–H and O–H groups in total. The number of halogens is 2. The fourth-order valence-corrected chi connectivity index (χ4v) is 2.87. The number of anilines is 1. The van der Waals surface area contributed by atoms with E-state index in [9.17, 15) is 12.8 Å². The van der Waals surface area contributed by atoms with Crippen molar-refractivity contribution in [3.8, 4) is 11.1 Å². The monoisotopic (exact) mass is 331 g/mol. The molecule has 2 rings (SSSR count). The van der Waals surface area contributed by atoms with Crippen molar-refractivity contribution in [2.24, 2.45) is 7.05 Å². The maximum atomic E-state index is 14.1. The second kappa shape index (κ2) is 5.31. The minimum atomic E-state index is -3.41. The highest BCUT2D eigenvalue weighted by atomic mass is 35.5. The summed E-state index contributed by atoms with van der Waals surface area (Å²) in [5.74, 6) is -0.420. The van der Waals surface area contributed by atoms with E-state index in [0.717, 1.165) is 6.26 Å². The third kappa shape index (κ3) is 2.75. The lowest BCUT2D eigenvalue weighted by Gasteiger charge is -2.11. The third-order valence-electron chi connectivity index (χ3n) is 3.36. The highest BCUT2D eigenvalue weighted by molar-refractivity contribution is 7.90. The van der Waals surface area contributed by atoms with Crippen LogP contribution in [0.1, 0.15) is 17.9 Å². The molecule has 0 aliphatic rings. The second-order valence-electron chi connectivity index (χ2n) is 4.84. The van der Waals surface area contributed by atoms with Crippen molar-refractivity contribution >= 4 is 27.3 Å². The van der Waals surface area contributed by atoms with E-state index in [0.29, 0.717) is 0 Å². The molecule has 0 fully saturated rings. The van der Waals surface area contributed by atoms with Crippen LogP contribution in [0.5, 0.6) is 0 Å². The largest absolute Gasteiger partial charge is 0.383 e. The number of nitrogen functional groups attached to an aromatic ring is 1. The predicted octanol–water partition coefficient (Wildman–Crippen LogP) is 2.57. The van der Waals surface area contributed by atoms with Crippen molar-refractivity contribution in [1.29, 1.82) is 0 Å². The summed E-state index contributed by atoms with van der Waals surface area (Å²) < 4.78 is 39.0. The average molecular weight is 332 g/mol. The van der Waals surface area contributed by atoms with Crippen LogP contribution in [0.3, 0.4) is 0 Å². The molecular formula is C13H15ClFN3O2S. The first-order chi connectivity index (χ1) is 9.64. The van der Waals surface area contributed by atoms with Crippen LogP contribution in [-0.4, -0.2) is 24.5 Å². The molecule has 1 aromatic carbocycles. The number of rotatable bonds is 3. The summed E-state index contributed by atoms with van der Waals surface area (Å²) in [4.78, 5) is 0. The fraction of sp³-hybridized carbons (Fsp3) is 0.308. The van der Waals surface area contributed by atoms with Crippen LogP contribution in [0.15, 0.2) is 18.2 Å². The molecule has 1 unspecified atom stereocenters. The Labute approximate surface area is 127 Å². The van der Waals surface area contributed by atoms with Crippen LogP contribution < -0.4 is 5.73 Å². The van der Waals surface area contributed by atoms with Crippen molar-refractivity contribution < 1.29 is 12.8 Å². The topological polar surface area (TPSA) is 78.0 Å². The first-order valence-corrected chi connectivity index (χ1v) is 8.43. The number of benzene rings is 1. The Morgan fingerprint density at radius 2 is 2.00 bits per heavy atom. The van der Waals surface area contributed by atoms with Gasteiger partial charge in [-0.2, -0.15) is 5.10 Å². The van der Waals surface area contributed by atoms with E-state index in [1.165, 1.54) is 29.8 Å². The molecule has 0 saturated carbocycles. The second-order valence-corrected chi connectivity index (χ2v) is 7.61. The molecule has 21 heavy (non-hydrogen) atoms. The number of nitrogens with zero attached hydrogens (tertiary/aromatic N) is 2. The third-order valence-corrected chi connectivity index (χ3v) is 5.18. The van der Waals surface area contributed by atoms with Gasteiger partial charge in [-0.15, -0.1) is 0 Å². The van der Waals surface area contributed by atoms with E-state index in [4.69, 9.17) is 17.3 Å². The molecule has 0 aliphatic heterocycles. The van der Waals surface area contributed by atoms with Gasteiger partial charge in [0, 0.05) is 18.9 Å². The van der Waals surface area contributed by atoms with Crippen molar-refractivity contribution in [3.05, 3.63) is 34.7 Å². The summed E-state index contributed by atoms with van der Waals surface area (Å²) in [5.41, 5.74) is 6.41. The molecule has 0 saturated heterocycles. The minimum absolute atomic E-state index is 0.0651. The molecule has 5 nitrogen and oxygen atoms in total. The molecule has 1 aromatic heterocycles. The van der Waals surface area contributed by atoms with Gasteiger partial charge in [0.25, 0.3) is 0 Å². The molecule has 1 heterocycles.